The fraction of sp³-hybridized carbons (Fsp3) is 0.154. The number of thiocarbonyl (C=S) groups is 1. The quantitative estimate of drug-likeness (QED) is 0.190. The largest absolute Gasteiger partial charge is 0.493 e. The molecule has 1 aliphatic heterocycles. The molecule has 1 fully saturated rings. The van der Waals surface area contributed by atoms with Crippen molar-refractivity contribution in [2.24, 2.45) is 0 Å². The molecule has 0 spiro atoms. The molecule has 0 unspecified atom stereocenters. The van der Waals surface area contributed by atoms with E-state index in [1.54, 1.807) is 24.3 Å². The molecule has 12 heteroatoms. The van der Waals surface area contributed by atoms with Gasteiger partial charge in [-0.2, -0.15) is 26.3 Å². The summed E-state index contributed by atoms with van der Waals surface area (Å²) in [4.78, 5) is 12.5. The van der Waals surface area contributed by atoms with E-state index in [1.807, 2.05) is 6.07 Å². The van der Waals surface area contributed by atoms with Crippen molar-refractivity contribution in [2.75, 3.05) is 7.11 Å². The number of rotatable bonds is 6. The summed E-state index contributed by atoms with van der Waals surface area (Å²) in [5, 5.41) is 2.45. The van der Waals surface area contributed by atoms with Crippen LogP contribution in [0.1, 0.15) is 22.3 Å². The SMILES string of the molecule is COc1cc(-c2cc(C(F)(F)F)cc(C(F)(F)F)c2)cc(/C=C2\SC(=S)NC2=O)c1OCc1ccccc1. The molecule has 0 saturated carbocycles. The minimum absolute atomic E-state index is 0.0108. The molecular formula is C26H17F6NO3S2. The molecule has 38 heavy (non-hydrogen) atoms. The monoisotopic (exact) mass is 569 g/mol. The number of ether oxygens (including phenoxy) is 2. The Balaban J connectivity index is 1.89. The number of carbonyl (C=O) groups excluding carboxylic acids is 1. The van der Waals surface area contributed by atoms with Crippen LogP contribution in [0.5, 0.6) is 11.5 Å². The topological polar surface area (TPSA) is 47.6 Å². The van der Waals surface area contributed by atoms with E-state index in [1.165, 1.54) is 25.3 Å². The molecule has 0 aromatic heterocycles. The molecule has 0 radical (unpaired) electrons. The Morgan fingerprint density at radius 1 is 0.921 bits per heavy atom. The van der Waals surface area contributed by atoms with Crippen molar-refractivity contribution in [2.45, 2.75) is 19.0 Å². The van der Waals surface area contributed by atoms with Gasteiger partial charge < -0.3 is 14.8 Å². The second-order valence-electron chi connectivity index (χ2n) is 8.02. The summed E-state index contributed by atoms with van der Waals surface area (Å²) >= 11 is 5.96. The first-order valence-electron chi connectivity index (χ1n) is 10.8. The number of thioether (sulfide) groups is 1. The Hall–Kier alpha value is -3.51. The summed E-state index contributed by atoms with van der Waals surface area (Å²) in [7, 11) is 1.28. The predicted molar refractivity (Wildman–Crippen MR) is 136 cm³/mol. The number of carbonyl (C=O) groups is 1. The lowest BCUT2D eigenvalue weighted by atomic mass is 9.96. The van der Waals surface area contributed by atoms with Crippen molar-refractivity contribution in [1.82, 2.24) is 5.32 Å². The lowest BCUT2D eigenvalue weighted by Crippen LogP contribution is -2.17. The van der Waals surface area contributed by atoms with Gasteiger partial charge in [-0.05, 0) is 53.1 Å². The molecule has 3 aromatic carbocycles. The molecule has 0 bridgehead atoms. The first-order valence-corrected chi connectivity index (χ1v) is 12.0. The minimum Gasteiger partial charge on any atom is -0.493 e. The highest BCUT2D eigenvalue weighted by Gasteiger charge is 2.37. The summed E-state index contributed by atoms with van der Waals surface area (Å²) in [5.41, 5.74) is -2.28. The van der Waals surface area contributed by atoms with Gasteiger partial charge in [-0.1, -0.05) is 54.3 Å². The van der Waals surface area contributed by atoms with Crippen LogP contribution in [0.15, 0.2) is 65.6 Å². The van der Waals surface area contributed by atoms with Gasteiger partial charge in [-0.15, -0.1) is 0 Å². The van der Waals surface area contributed by atoms with E-state index in [4.69, 9.17) is 21.7 Å². The molecule has 198 valence electrons. The zero-order chi connectivity index (χ0) is 27.7. The van der Waals surface area contributed by atoms with E-state index >= 15 is 0 Å². The molecule has 1 aliphatic rings. The summed E-state index contributed by atoms with van der Waals surface area (Å²) in [6.07, 6.45) is -8.64. The third-order valence-corrected chi connectivity index (χ3v) is 6.54. The van der Waals surface area contributed by atoms with Crippen molar-refractivity contribution < 1.29 is 40.6 Å². The number of alkyl halides is 6. The summed E-state index contributed by atoms with van der Waals surface area (Å²) < 4.78 is 92.4. The maximum absolute atomic E-state index is 13.5. The Kier molecular flexibility index (Phi) is 7.75. The van der Waals surface area contributed by atoms with Crippen molar-refractivity contribution >= 4 is 40.3 Å². The van der Waals surface area contributed by atoms with Crippen LogP contribution >= 0.6 is 24.0 Å². The number of methoxy groups -OCH3 is 1. The van der Waals surface area contributed by atoms with E-state index in [9.17, 15) is 31.1 Å². The Morgan fingerprint density at radius 2 is 1.53 bits per heavy atom. The van der Waals surface area contributed by atoms with E-state index in [-0.39, 0.29) is 50.1 Å². The van der Waals surface area contributed by atoms with E-state index in [0.29, 0.717) is 12.1 Å². The van der Waals surface area contributed by atoms with E-state index in [0.717, 1.165) is 17.3 Å². The highest BCUT2D eigenvalue weighted by atomic mass is 32.2. The van der Waals surface area contributed by atoms with Crippen molar-refractivity contribution in [3.8, 4) is 22.6 Å². The molecule has 1 amide bonds. The van der Waals surface area contributed by atoms with Crippen LogP contribution < -0.4 is 14.8 Å². The molecular weight excluding hydrogens is 552 g/mol. The van der Waals surface area contributed by atoms with Crippen LogP contribution in [0, 0.1) is 0 Å². The van der Waals surface area contributed by atoms with Crippen molar-refractivity contribution in [3.05, 3.63) is 87.8 Å². The lowest BCUT2D eigenvalue weighted by Gasteiger charge is -2.18. The third kappa shape index (κ3) is 6.30. The van der Waals surface area contributed by atoms with Gasteiger partial charge in [0.05, 0.1) is 23.1 Å². The fourth-order valence-electron chi connectivity index (χ4n) is 3.62. The van der Waals surface area contributed by atoms with E-state index in [2.05, 4.69) is 5.32 Å². The van der Waals surface area contributed by atoms with Gasteiger partial charge in [0.1, 0.15) is 10.9 Å². The summed E-state index contributed by atoms with van der Waals surface area (Å²) in [5.74, 6) is -0.319. The van der Waals surface area contributed by atoms with Crippen LogP contribution in [0.25, 0.3) is 17.2 Å². The number of hydrogen-bond acceptors (Lipinski definition) is 5. The van der Waals surface area contributed by atoms with Gasteiger partial charge in [0.15, 0.2) is 11.5 Å². The highest BCUT2D eigenvalue weighted by Crippen LogP contribution is 2.43. The molecule has 0 aliphatic carbocycles. The lowest BCUT2D eigenvalue weighted by molar-refractivity contribution is -0.143. The standard InChI is InChI=1S/C26H17F6NO3S2/c1-35-20-10-15(16-8-18(25(27,28)29)12-19(9-16)26(30,31)32)7-17(11-21-23(34)33-24(37)38-21)22(20)36-13-14-5-3-2-4-6-14/h2-12H,13H2,1H3,(H,33,34,37)/b21-11-. The average Bonchev–Trinajstić information content (AvgIpc) is 3.18. The van der Waals surface area contributed by atoms with Crippen LogP contribution in [0.2, 0.25) is 0 Å². The second kappa shape index (κ2) is 10.7. The molecule has 3 aromatic rings. The van der Waals surface area contributed by atoms with E-state index < -0.39 is 29.4 Å². The first-order chi connectivity index (χ1) is 17.8. The number of nitrogens with one attached hydrogen (secondary N) is 1. The highest BCUT2D eigenvalue weighted by molar-refractivity contribution is 8.26. The van der Waals surface area contributed by atoms with Gasteiger partial charge in [0, 0.05) is 5.56 Å². The van der Waals surface area contributed by atoms with Gasteiger partial charge in [0.2, 0.25) is 0 Å². The fourth-order valence-corrected chi connectivity index (χ4v) is 4.65. The van der Waals surface area contributed by atoms with Crippen molar-refractivity contribution in [3.63, 3.8) is 0 Å². The molecule has 1 saturated heterocycles. The zero-order valence-corrected chi connectivity index (χ0v) is 21.0. The van der Waals surface area contributed by atoms with Crippen LogP contribution in [-0.4, -0.2) is 17.3 Å². The second-order valence-corrected chi connectivity index (χ2v) is 9.74. The maximum atomic E-state index is 13.5. The molecule has 4 nitrogen and oxygen atoms in total. The minimum atomic E-state index is -5.02. The normalized spacial score (nSPS) is 15.1. The number of amides is 1. The van der Waals surface area contributed by atoms with Gasteiger partial charge in [0.25, 0.3) is 5.91 Å². The number of hydrogen-bond donors (Lipinski definition) is 1. The number of benzene rings is 3. The smallest absolute Gasteiger partial charge is 0.416 e. The maximum Gasteiger partial charge on any atom is 0.416 e. The van der Waals surface area contributed by atoms with Gasteiger partial charge in [-0.3, -0.25) is 4.79 Å². The zero-order valence-electron chi connectivity index (χ0n) is 19.4. The molecule has 0 atom stereocenters. The first kappa shape index (κ1) is 27.5. The molecule has 1 N–H and O–H groups in total. The molecule has 1 heterocycles. The van der Waals surface area contributed by atoms with Crippen LogP contribution in [0.3, 0.4) is 0 Å². The van der Waals surface area contributed by atoms with Crippen LogP contribution in [0.4, 0.5) is 26.3 Å². The summed E-state index contributed by atoms with van der Waals surface area (Å²) in [6.45, 7) is 0.0756. The van der Waals surface area contributed by atoms with Gasteiger partial charge >= 0.3 is 12.4 Å². The Bertz CT molecular complexity index is 1390. The Morgan fingerprint density at radius 3 is 2.05 bits per heavy atom. The summed E-state index contributed by atoms with van der Waals surface area (Å²) in [6, 6.07) is 12.9. The number of halogens is 6. The third-order valence-electron chi connectivity index (χ3n) is 5.38. The average molecular weight is 570 g/mol. The Labute approximate surface area is 222 Å². The van der Waals surface area contributed by atoms with Crippen LogP contribution in [-0.2, 0) is 23.8 Å². The predicted octanol–water partition coefficient (Wildman–Crippen LogP) is 7.47. The van der Waals surface area contributed by atoms with Gasteiger partial charge in [-0.25, -0.2) is 0 Å². The molecule has 4 rings (SSSR count). The van der Waals surface area contributed by atoms with Crippen molar-refractivity contribution in [1.29, 1.82) is 0 Å².